The van der Waals surface area contributed by atoms with Gasteiger partial charge in [-0.3, -0.25) is 4.79 Å². The Labute approximate surface area is 115 Å². The first-order valence-corrected chi connectivity index (χ1v) is 6.74. The summed E-state index contributed by atoms with van der Waals surface area (Å²) in [6.45, 7) is 2.43. The van der Waals surface area contributed by atoms with Gasteiger partial charge in [0.2, 0.25) is 0 Å². The predicted molar refractivity (Wildman–Crippen MR) is 77.5 cm³/mol. The van der Waals surface area contributed by atoms with Gasteiger partial charge in [-0.15, -0.1) is 0 Å². The number of unbranched alkanes of at least 4 members (excludes halogenated alkanes) is 1. The van der Waals surface area contributed by atoms with Gasteiger partial charge in [-0.2, -0.15) is 0 Å². The standard InChI is InChI=1S/C15H24N2O2/c1-17(2)11-7-6-10-16-12-14(15(18)19)13-8-4-3-5-9-13/h3-5,8-9,14,16H,6-7,10-12H2,1-2H3,(H,18,19). The molecule has 0 aliphatic heterocycles. The van der Waals surface area contributed by atoms with Crippen LogP contribution in [0.4, 0.5) is 0 Å². The molecule has 106 valence electrons. The van der Waals surface area contributed by atoms with Crippen LogP contribution in [0.2, 0.25) is 0 Å². The molecule has 0 amide bonds. The summed E-state index contributed by atoms with van der Waals surface area (Å²) in [4.78, 5) is 13.4. The Morgan fingerprint density at radius 1 is 1.26 bits per heavy atom. The molecule has 19 heavy (non-hydrogen) atoms. The smallest absolute Gasteiger partial charge is 0.312 e. The van der Waals surface area contributed by atoms with Crippen molar-refractivity contribution in [2.24, 2.45) is 0 Å². The monoisotopic (exact) mass is 264 g/mol. The zero-order valence-corrected chi connectivity index (χ0v) is 11.8. The summed E-state index contributed by atoms with van der Waals surface area (Å²) >= 11 is 0. The first-order valence-electron chi connectivity index (χ1n) is 6.74. The zero-order valence-electron chi connectivity index (χ0n) is 11.8. The van der Waals surface area contributed by atoms with Gasteiger partial charge in [0.15, 0.2) is 0 Å². The van der Waals surface area contributed by atoms with E-state index in [4.69, 9.17) is 0 Å². The Balaban J connectivity index is 2.30. The molecule has 0 spiro atoms. The van der Waals surface area contributed by atoms with Crippen LogP contribution >= 0.6 is 0 Å². The fraction of sp³-hybridized carbons (Fsp3) is 0.533. The number of carboxylic acid groups (broad SMARTS) is 1. The quantitative estimate of drug-likeness (QED) is 0.668. The normalized spacial score (nSPS) is 12.6. The van der Waals surface area contributed by atoms with Crippen LogP contribution < -0.4 is 5.32 Å². The maximum atomic E-state index is 11.3. The van der Waals surface area contributed by atoms with E-state index in [1.807, 2.05) is 30.3 Å². The van der Waals surface area contributed by atoms with Crippen molar-refractivity contribution in [3.63, 3.8) is 0 Å². The summed E-state index contributed by atoms with van der Waals surface area (Å²) in [5.41, 5.74) is 0.857. The molecule has 0 heterocycles. The Morgan fingerprint density at radius 3 is 2.53 bits per heavy atom. The van der Waals surface area contributed by atoms with Crippen LogP contribution in [0.5, 0.6) is 0 Å². The average molecular weight is 264 g/mol. The minimum atomic E-state index is -0.771. The average Bonchev–Trinajstić information content (AvgIpc) is 2.38. The fourth-order valence-electron chi connectivity index (χ4n) is 1.96. The summed E-state index contributed by atoms with van der Waals surface area (Å²) in [7, 11) is 4.12. The first kappa shape index (κ1) is 15.7. The van der Waals surface area contributed by atoms with Crippen molar-refractivity contribution in [3.8, 4) is 0 Å². The molecule has 4 heteroatoms. The molecule has 0 radical (unpaired) electrons. The fourth-order valence-corrected chi connectivity index (χ4v) is 1.96. The molecule has 0 fully saturated rings. The van der Waals surface area contributed by atoms with E-state index < -0.39 is 11.9 Å². The summed E-state index contributed by atoms with van der Waals surface area (Å²) in [6, 6.07) is 9.39. The largest absolute Gasteiger partial charge is 0.481 e. The van der Waals surface area contributed by atoms with Crippen LogP contribution in [-0.4, -0.2) is 49.7 Å². The maximum absolute atomic E-state index is 11.3. The Bertz CT molecular complexity index is 366. The van der Waals surface area contributed by atoms with E-state index in [9.17, 15) is 9.90 Å². The second kappa shape index (κ2) is 8.67. The third kappa shape index (κ3) is 6.36. The number of carbonyl (C=O) groups is 1. The molecule has 0 saturated heterocycles. The molecule has 4 nitrogen and oxygen atoms in total. The van der Waals surface area contributed by atoms with Crippen molar-refractivity contribution in [1.82, 2.24) is 10.2 Å². The van der Waals surface area contributed by atoms with E-state index in [-0.39, 0.29) is 0 Å². The van der Waals surface area contributed by atoms with Gasteiger partial charge in [0.05, 0.1) is 5.92 Å². The van der Waals surface area contributed by atoms with E-state index in [0.717, 1.165) is 31.5 Å². The molecule has 0 aromatic heterocycles. The van der Waals surface area contributed by atoms with Crippen LogP contribution in [0.1, 0.15) is 24.3 Å². The third-order valence-electron chi connectivity index (χ3n) is 3.06. The van der Waals surface area contributed by atoms with Crippen molar-refractivity contribution in [3.05, 3.63) is 35.9 Å². The molecular weight excluding hydrogens is 240 g/mol. The van der Waals surface area contributed by atoms with E-state index in [1.165, 1.54) is 0 Å². The molecule has 2 N–H and O–H groups in total. The van der Waals surface area contributed by atoms with E-state index in [1.54, 1.807) is 0 Å². The third-order valence-corrected chi connectivity index (χ3v) is 3.06. The number of hydrogen-bond acceptors (Lipinski definition) is 3. The second-order valence-corrected chi connectivity index (χ2v) is 5.02. The molecule has 1 atom stereocenters. The van der Waals surface area contributed by atoms with Gasteiger partial charge < -0.3 is 15.3 Å². The van der Waals surface area contributed by atoms with Crippen LogP contribution in [0.15, 0.2) is 30.3 Å². The molecule has 1 aromatic carbocycles. The van der Waals surface area contributed by atoms with E-state index in [2.05, 4.69) is 24.3 Å². The summed E-state index contributed by atoms with van der Waals surface area (Å²) < 4.78 is 0. The van der Waals surface area contributed by atoms with Gasteiger partial charge in [-0.25, -0.2) is 0 Å². The maximum Gasteiger partial charge on any atom is 0.312 e. The van der Waals surface area contributed by atoms with Crippen molar-refractivity contribution in [2.75, 3.05) is 33.7 Å². The van der Waals surface area contributed by atoms with E-state index in [0.29, 0.717) is 6.54 Å². The SMILES string of the molecule is CN(C)CCCCNCC(C(=O)O)c1ccccc1. The van der Waals surface area contributed by atoms with Crippen molar-refractivity contribution < 1.29 is 9.90 Å². The van der Waals surface area contributed by atoms with Gasteiger partial charge in [0.25, 0.3) is 0 Å². The number of rotatable bonds is 9. The molecule has 1 unspecified atom stereocenters. The van der Waals surface area contributed by atoms with Crippen molar-refractivity contribution in [1.29, 1.82) is 0 Å². The number of aliphatic carboxylic acids is 1. The van der Waals surface area contributed by atoms with Crippen LogP contribution in [-0.2, 0) is 4.79 Å². The lowest BCUT2D eigenvalue weighted by molar-refractivity contribution is -0.138. The molecule has 1 rings (SSSR count). The topological polar surface area (TPSA) is 52.6 Å². The number of carboxylic acids is 1. The Kier molecular flexibility index (Phi) is 7.15. The first-order chi connectivity index (χ1) is 9.11. The van der Waals surface area contributed by atoms with Gasteiger partial charge >= 0.3 is 5.97 Å². The van der Waals surface area contributed by atoms with Crippen molar-refractivity contribution >= 4 is 5.97 Å². The number of hydrogen-bond donors (Lipinski definition) is 2. The zero-order chi connectivity index (χ0) is 14.1. The second-order valence-electron chi connectivity index (χ2n) is 5.02. The summed E-state index contributed by atoms with van der Waals surface area (Å²) in [5, 5.41) is 12.5. The molecule has 0 aliphatic rings. The van der Waals surface area contributed by atoms with Crippen LogP contribution in [0.3, 0.4) is 0 Å². The van der Waals surface area contributed by atoms with Crippen LogP contribution in [0, 0.1) is 0 Å². The molecule has 1 aromatic rings. The van der Waals surface area contributed by atoms with Crippen LogP contribution in [0.25, 0.3) is 0 Å². The lowest BCUT2D eigenvalue weighted by Gasteiger charge is -2.14. The lowest BCUT2D eigenvalue weighted by Crippen LogP contribution is -2.28. The number of nitrogens with one attached hydrogen (secondary N) is 1. The van der Waals surface area contributed by atoms with E-state index >= 15 is 0 Å². The molecule has 0 aliphatic carbocycles. The minimum absolute atomic E-state index is 0.463. The van der Waals surface area contributed by atoms with Gasteiger partial charge in [-0.1, -0.05) is 30.3 Å². The molecule has 0 saturated carbocycles. The lowest BCUT2D eigenvalue weighted by atomic mass is 9.99. The highest BCUT2D eigenvalue weighted by atomic mass is 16.4. The van der Waals surface area contributed by atoms with Gasteiger partial charge in [0, 0.05) is 6.54 Å². The van der Waals surface area contributed by atoms with Gasteiger partial charge in [0.1, 0.15) is 0 Å². The number of benzene rings is 1. The highest BCUT2D eigenvalue weighted by molar-refractivity contribution is 5.76. The predicted octanol–water partition coefficient (Wildman–Crippen LogP) is 1.79. The highest BCUT2D eigenvalue weighted by Gasteiger charge is 2.18. The summed E-state index contributed by atoms with van der Waals surface area (Å²) in [6.07, 6.45) is 2.20. The molecule has 0 bridgehead atoms. The van der Waals surface area contributed by atoms with Crippen molar-refractivity contribution in [2.45, 2.75) is 18.8 Å². The molecular formula is C15H24N2O2. The number of nitrogens with zero attached hydrogens (tertiary/aromatic N) is 1. The highest BCUT2D eigenvalue weighted by Crippen LogP contribution is 2.14. The summed E-state index contributed by atoms with van der Waals surface area (Å²) in [5.74, 6) is -1.23. The minimum Gasteiger partial charge on any atom is -0.481 e. The van der Waals surface area contributed by atoms with Gasteiger partial charge in [-0.05, 0) is 45.6 Å². The Morgan fingerprint density at radius 2 is 1.95 bits per heavy atom. The Hall–Kier alpha value is -1.39.